The van der Waals surface area contributed by atoms with E-state index in [0.29, 0.717) is 11.9 Å². The minimum absolute atomic E-state index is 0.103. The number of hydrogen-bond acceptors (Lipinski definition) is 6. The Morgan fingerprint density at radius 1 is 1.65 bits per heavy atom. The molecule has 92 valence electrons. The zero-order chi connectivity index (χ0) is 12.4. The molecule has 1 aromatic heterocycles. The van der Waals surface area contributed by atoms with E-state index in [0.717, 1.165) is 6.20 Å². The van der Waals surface area contributed by atoms with E-state index in [4.69, 9.17) is 5.73 Å². The van der Waals surface area contributed by atoms with Crippen LogP contribution in [0.4, 0.5) is 17.5 Å². The molecule has 1 heterocycles. The first-order valence-electron chi connectivity index (χ1n) is 5.61. The van der Waals surface area contributed by atoms with Crippen LogP contribution in [-0.2, 0) is 0 Å². The predicted octanol–water partition coefficient (Wildman–Crippen LogP) is 1.57. The van der Waals surface area contributed by atoms with E-state index in [1.54, 1.807) is 0 Å². The van der Waals surface area contributed by atoms with Crippen LogP contribution in [-0.4, -0.2) is 20.9 Å². The van der Waals surface area contributed by atoms with Crippen LogP contribution in [0.3, 0.4) is 0 Å². The van der Waals surface area contributed by atoms with Gasteiger partial charge in [-0.15, -0.1) is 0 Å². The number of nitrogens with one attached hydrogen (secondary N) is 1. The molecule has 1 saturated carbocycles. The molecule has 0 amide bonds. The summed E-state index contributed by atoms with van der Waals surface area (Å²) in [5.74, 6) is 0.885. The molecule has 0 radical (unpaired) electrons. The normalized spacial score (nSPS) is 17.2. The maximum absolute atomic E-state index is 10.5. The second kappa shape index (κ2) is 4.52. The number of nitrogens with two attached hydrogens (primary N) is 1. The number of anilines is 2. The summed E-state index contributed by atoms with van der Waals surface area (Å²) in [5.41, 5.74) is 5.23. The smallest absolute Gasteiger partial charge is 0.329 e. The molecule has 1 aromatic rings. The fourth-order valence-electron chi connectivity index (χ4n) is 1.86. The minimum atomic E-state index is -0.589. The van der Waals surface area contributed by atoms with Crippen molar-refractivity contribution in [2.75, 3.05) is 11.1 Å². The number of nitrogens with zero attached hydrogens (tertiary/aromatic N) is 3. The predicted molar refractivity (Wildman–Crippen MR) is 63.5 cm³/mol. The standard InChI is InChI=1S/C10H15N5O2/c1-6(7-3-2-4-7)13-10-12-5-8(15(16)17)9(11)14-10/h5-7H,2-4H2,1H3,(H3,11,12,13,14). The molecular formula is C10H15N5O2. The van der Waals surface area contributed by atoms with E-state index in [-0.39, 0.29) is 17.5 Å². The van der Waals surface area contributed by atoms with Crippen molar-refractivity contribution < 1.29 is 4.92 Å². The number of hydrogen-bond donors (Lipinski definition) is 2. The Morgan fingerprint density at radius 2 is 2.35 bits per heavy atom. The van der Waals surface area contributed by atoms with Crippen molar-refractivity contribution in [2.24, 2.45) is 5.92 Å². The first-order valence-corrected chi connectivity index (χ1v) is 5.61. The average Bonchev–Trinajstić information content (AvgIpc) is 2.13. The molecule has 0 saturated heterocycles. The lowest BCUT2D eigenvalue weighted by Crippen LogP contribution is -2.31. The summed E-state index contributed by atoms with van der Waals surface area (Å²) in [6.07, 6.45) is 4.81. The SMILES string of the molecule is CC(Nc1ncc([N+](=O)[O-])c(N)n1)C1CCC1. The molecule has 17 heavy (non-hydrogen) atoms. The Labute approximate surface area is 98.6 Å². The van der Waals surface area contributed by atoms with Crippen molar-refractivity contribution in [3.05, 3.63) is 16.3 Å². The third-order valence-corrected chi connectivity index (χ3v) is 3.21. The molecule has 3 N–H and O–H groups in total. The van der Waals surface area contributed by atoms with Gasteiger partial charge in [0.25, 0.3) is 0 Å². The largest absolute Gasteiger partial charge is 0.378 e. The van der Waals surface area contributed by atoms with Gasteiger partial charge in [0.05, 0.1) is 4.92 Å². The molecule has 1 aliphatic rings. The lowest BCUT2D eigenvalue weighted by atomic mass is 9.80. The quantitative estimate of drug-likeness (QED) is 0.608. The van der Waals surface area contributed by atoms with Gasteiger partial charge in [-0.25, -0.2) is 4.98 Å². The number of aromatic nitrogens is 2. The number of rotatable bonds is 4. The van der Waals surface area contributed by atoms with Crippen molar-refractivity contribution in [1.82, 2.24) is 9.97 Å². The van der Waals surface area contributed by atoms with Gasteiger partial charge >= 0.3 is 5.69 Å². The van der Waals surface area contributed by atoms with E-state index < -0.39 is 4.92 Å². The van der Waals surface area contributed by atoms with Gasteiger partial charge in [0, 0.05) is 6.04 Å². The van der Waals surface area contributed by atoms with E-state index in [1.807, 2.05) is 0 Å². The van der Waals surface area contributed by atoms with Gasteiger partial charge in [0.1, 0.15) is 6.20 Å². The van der Waals surface area contributed by atoms with Gasteiger partial charge in [0.2, 0.25) is 11.8 Å². The second-order valence-electron chi connectivity index (χ2n) is 4.35. The van der Waals surface area contributed by atoms with Gasteiger partial charge in [-0.3, -0.25) is 10.1 Å². The molecule has 2 rings (SSSR count). The molecular weight excluding hydrogens is 222 g/mol. The van der Waals surface area contributed by atoms with Crippen LogP contribution in [0.5, 0.6) is 0 Å². The van der Waals surface area contributed by atoms with Gasteiger partial charge in [-0.1, -0.05) is 6.42 Å². The summed E-state index contributed by atoms with van der Waals surface area (Å²) in [6.45, 7) is 2.06. The molecule has 0 aromatic carbocycles. The molecule has 0 spiro atoms. The Bertz CT molecular complexity index is 433. The highest BCUT2D eigenvalue weighted by Crippen LogP contribution is 2.30. The lowest BCUT2D eigenvalue weighted by Gasteiger charge is -2.31. The summed E-state index contributed by atoms with van der Waals surface area (Å²) in [7, 11) is 0. The summed E-state index contributed by atoms with van der Waals surface area (Å²) in [6, 6.07) is 0.268. The number of nitrogen functional groups attached to an aromatic ring is 1. The van der Waals surface area contributed by atoms with E-state index in [2.05, 4.69) is 22.2 Å². The van der Waals surface area contributed by atoms with Crippen molar-refractivity contribution in [2.45, 2.75) is 32.2 Å². The van der Waals surface area contributed by atoms with Crippen LogP contribution in [0.2, 0.25) is 0 Å². The highest BCUT2D eigenvalue weighted by Gasteiger charge is 2.24. The number of nitro groups is 1. The van der Waals surface area contributed by atoms with E-state index in [1.165, 1.54) is 19.3 Å². The first-order chi connectivity index (χ1) is 8.08. The van der Waals surface area contributed by atoms with Gasteiger partial charge in [0.15, 0.2) is 0 Å². The highest BCUT2D eigenvalue weighted by molar-refractivity contribution is 5.53. The third-order valence-electron chi connectivity index (χ3n) is 3.21. The topological polar surface area (TPSA) is 107 Å². The van der Waals surface area contributed by atoms with Crippen LogP contribution in [0.15, 0.2) is 6.20 Å². The van der Waals surface area contributed by atoms with E-state index >= 15 is 0 Å². The third kappa shape index (κ3) is 2.43. The van der Waals surface area contributed by atoms with Crippen molar-refractivity contribution in [3.8, 4) is 0 Å². The van der Waals surface area contributed by atoms with Crippen LogP contribution < -0.4 is 11.1 Å². The summed E-state index contributed by atoms with van der Waals surface area (Å²) >= 11 is 0. The van der Waals surface area contributed by atoms with Crippen LogP contribution in [0.1, 0.15) is 26.2 Å². The molecule has 0 aliphatic heterocycles. The first kappa shape index (κ1) is 11.6. The van der Waals surface area contributed by atoms with Gasteiger partial charge < -0.3 is 11.1 Å². The summed E-state index contributed by atoms with van der Waals surface area (Å²) in [4.78, 5) is 17.7. The maximum atomic E-state index is 10.5. The Morgan fingerprint density at radius 3 is 2.82 bits per heavy atom. The van der Waals surface area contributed by atoms with E-state index in [9.17, 15) is 10.1 Å². The fourth-order valence-corrected chi connectivity index (χ4v) is 1.86. The molecule has 1 fully saturated rings. The molecule has 1 unspecified atom stereocenters. The Kier molecular flexibility index (Phi) is 3.08. The second-order valence-corrected chi connectivity index (χ2v) is 4.35. The Hall–Kier alpha value is -1.92. The fraction of sp³-hybridized carbons (Fsp3) is 0.600. The van der Waals surface area contributed by atoms with Crippen LogP contribution >= 0.6 is 0 Å². The molecule has 0 bridgehead atoms. The van der Waals surface area contributed by atoms with Crippen LogP contribution in [0.25, 0.3) is 0 Å². The van der Waals surface area contributed by atoms with Gasteiger partial charge in [-0.05, 0) is 25.7 Å². The zero-order valence-electron chi connectivity index (χ0n) is 9.59. The maximum Gasteiger partial charge on any atom is 0.329 e. The molecule has 7 heteroatoms. The Balaban J connectivity index is 2.06. The van der Waals surface area contributed by atoms with Gasteiger partial charge in [-0.2, -0.15) is 4.98 Å². The molecule has 7 nitrogen and oxygen atoms in total. The lowest BCUT2D eigenvalue weighted by molar-refractivity contribution is -0.384. The zero-order valence-corrected chi connectivity index (χ0v) is 9.59. The van der Waals surface area contributed by atoms with Crippen molar-refractivity contribution in [1.29, 1.82) is 0 Å². The van der Waals surface area contributed by atoms with Crippen LogP contribution in [0, 0.1) is 16.0 Å². The minimum Gasteiger partial charge on any atom is -0.378 e. The van der Waals surface area contributed by atoms with Crippen molar-refractivity contribution >= 4 is 17.5 Å². The molecule has 1 atom stereocenters. The monoisotopic (exact) mass is 237 g/mol. The summed E-state index contributed by atoms with van der Waals surface area (Å²) in [5, 5.41) is 13.7. The van der Waals surface area contributed by atoms with Crippen molar-refractivity contribution in [3.63, 3.8) is 0 Å². The summed E-state index contributed by atoms with van der Waals surface area (Å²) < 4.78 is 0. The highest BCUT2D eigenvalue weighted by atomic mass is 16.6. The molecule has 1 aliphatic carbocycles. The average molecular weight is 237 g/mol.